The Bertz CT molecular complexity index is 708. The van der Waals surface area contributed by atoms with Crippen LogP contribution in [0.4, 0.5) is 0 Å². The van der Waals surface area contributed by atoms with Gasteiger partial charge in [-0.15, -0.1) is 0 Å². The number of carbonyl (C=O) groups is 1. The summed E-state index contributed by atoms with van der Waals surface area (Å²) >= 11 is 0. The van der Waals surface area contributed by atoms with Crippen molar-refractivity contribution in [1.82, 2.24) is 19.8 Å². The van der Waals surface area contributed by atoms with E-state index >= 15 is 0 Å². The molecule has 3 rings (SSSR count). The highest BCUT2D eigenvalue weighted by atomic mass is 16.5. The molecule has 2 aromatic rings. The van der Waals surface area contributed by atoms with E-state index in [4.69, 9.17) is 4.74 Å². The quantitative estimate of drug-likeness (QED) is 0.904. The number of rotatable bonds is 5. The summed E-state index contributed by atoms with van der Waals surface area (Å²) in [6.45, 7) is 6.51. The minimum atomic E-state index is -0.0619. The average Bonchev–Trinajstić information content (AvgIpc) is 3.06. The van der Waals surface area contributed by atoms with Crippen LogP contribution in [-0.4, -0.2) is 46.6 Å². The van der Waals surface area contributed by atoms with Crippen LogP contribution in [0.1, 0.15) is 37.2 Å². The van der Waals surface area contributed by atoms with Gasteiger partial charge < -0.3 is 19.5 Å². The lowest BCUT2D eigenvalue weighted by Crippen LogP contribution is -2.50. The van der Waals surface area contributed by atoms with Gasteiger partial charge in [0.25, 0.3) is 5.91 Å². The molecule has 1 amide bonds. The second kappa shape index (κ2) is 7.70. The molecule has 134 valence electrons. The van der Waals surface area contributed by atoms with E-state index in [1.54, 1.807) is 6.20 Å². The van der Waals surface area contributed by atoms with Crippen molar-refractivity contribution in [3.63, 3.8) is 0 Å². The highest BCUT2D eigenvalue weighted by Gasteiger charge is 2.30. The van der Waals surface area contributed by atoms with E-state index in [1.165, 1.54) is 5.56 Å². The number of aryl methyl sites for hydroxylation is 1. The van der Waals surface area contributed by atoms with Gasteiger partial charge in [0.05, 0.1) is 0 Å². The highest BCUT2D eigenvalue weighted by Crippen LogP contribution is 2.22. The van der Waals surface area contributed by atoms with Crippen LogP contribution < -0.4 is 10.1 Å². The van der Waals surface area contributed by atoms with Gasteiger partial charge in [-0.2, -0.15) is 0 Å². The Balaban J connectivity index is 1.64. The van der Waals surface area contributed by atoms with E-state index < -0.39 is 0 Å². The van der Waals surface area contributed by atoms with Crippen molar-refractivity contribution in [3.05, 3.63) is 48.0 Å². The Morgan fingerprint density at radius 2 is 2.12 bits per heavy atom. The summed E-state index contributed by atoms with van der Waals surface area (Å²) in [5, 5.41) is 3.34. The first-order valence-electron chi connectivity index (χ1n) is 8.76. The third-order valence-electron chi connectivity index (χ3n) is 4.63. The number of amides is 1. The van der Waals surface area contributed by atoms with Crippen LogP contribution in [0.15, 0.2) is 36.7 Å². The van der Waals surface area contributed by atoms with Crippen LogP contribution in [-0.2, 0) is 11.8 Å². The van der Waals surface area contributed by atoms with Gasteiger partial charge in [0.1, 0.15) is 17.6 Å². The molecule has 6 heteroatoms. The zero-order valence-electron chi connectivity index (χ0n) is 15.1. The van der Waals surface area contributed by atoms with Gasteiger partial charge in [-0.3, -0.25) is 4.79 Å². The fourth-order valence-electron chi connectivity index (χ4n) is 3.11. The van der Waals surface area contributed by atoms with Crippen molar-refractivity contribution in [3.8, 4) is 5.75 Å². The van der Waals surface area contributed by atoms with Crippen molar-refractivity contribution in [2.45, 2.75) is 25.8 Å². The highest BCUT2D eigenvalue weighted by molar-refractivity contribution is 5.78. The fraction of sp³-hybridized carbons (Fsp3) is 0.474. The molecule has 2 heterocycles. The van der Waals surface area contributed by atoms with E-state index in [0.29, 0.717) is 19.0 Å². The summed E-state index contributed by atoms with van der Waals surface area (Å²) in [5.74, 6) is 2.08. The van der Waals surface area contributed by atoms with E-state index in [1.807, 2.05) is 47.0 Å². The van der Waals surface area contributed by atoms with Crippen LogP contribution in [0.3, 0.4) is 0 Å². The number of hydrogen-bond acceptors (Lipinski definition) is 4. The lowest BCUT2D eigenvalue weighted by Gasteiger charge is -2.35. The molecule has 6 nitrogen and oxygen atoms in total. The number of benzene rings is 1. The van der Waals surface area contributed by atoms with E-state index in [2.05, 4.69) is 24.1 Å². The number of nitrogens with zero attached hydrogens (tertiary/aromatic N) is 3. The first kappa shape index (κ1) is 17.5. The Kier molecular flexibility index (Phi) is 5.38. The number of ether oxygens (including phenoxy) is 1. The second-order valence-electron chi connectivity index (χ2n) is 6.72. The van der Waals surface area contributed by atoms with Gasteiger partial charge in [0.15, 0.2) is 6.61 Å². The first-order valence-corrected chi connectivity index (χ1v) is 8.76. The summed E-state index contributed by atoms with van der Waals surface area (Å²) in [6, 6.07) is 7.89. The van der Waals surface area contributed by atoms with Crippen molar-refractivity contribution in [2.24, 2.45) is 7.05 Å². The third-order valence-corrected chi connectivity index (χ3v) is 4.63. The minimum Gasteiger partial charge on any atom is -0.484 e. The third kappa shape index (κ3) is 4.02. The Morgan fingerprint density at radius 3 is 2.76 bits per heavy atom. The number of nitrogens with one attached hydrogen (secondary N) is 1. The molecular weight excluding hydrogens is 316 g/mol. The number of aromatic nitrogens is 2. The molecular formula is C19H26N4O2. The normalized spacial score (nSPS) is 17.8. The van der Waals surface area contributed by atoms with Gasteiger partial charge in [0, 0.05) is 39.1 Å². The minimum absolute atomic E-state index is 0.0116. The van der Waals surface area contributed by atoms with E-state index in [0.717, 1.165) is 18.1 Å². The molecule has 0 spiro atoms. The molecule has 1 atom stereocenters. The first-order chi connectivity index (χ1) is 12.1. The molecule has 1 aliphatic rings. The number of imidazole rings is 1. The van der Waals surface area contributed by atoms with E-state index in [-0.39, 0.29) is 18.6 Å². The number of carbonyl (C=O) groups excluding carboxylic acids is 1. The van der Waals surface area contributed by atoms with Crippen molar-refractivity contribution >= 4 is 5.91 Å². The average molecular weight is 342 g/mol. The monoisotopic (exact) mass is 342 g/mol. The van der Waals surface area contributed by atoms with Gasteiger partial charge in [-0.1, -0.05) is 26.0 Å². The van der Waals surface area contributed by atoms with Crippen molar-refractivity contribution in [2.75, 3.05) is 26.2 Å². The molecule has 1 unspecified atom stereocenters. The van der Waals surface area contributed by atoms with Crippen LogP contribution >= 0.6 is 0 Å². The zero-order valence-corrected chi connectivity index (χ0v) is 15.1. The Labute approximate surface area is 148 Å². The molecule has 25 heavy (non-hydrogen) atoms. The number of piperazine rings is 1. The second-order valence-corrected chi connectivity index (χ2v) is 6.72. The summed E-state index contributed by atoms with van der Waals surface area (Å²) in [7, 11) is 1.95. The molecule has 1 fully saturated rings. The molecule has 0 radical (unpaired) electrons. The summed E-state index contributed by atoms with van der Waals surface area (Å²) in [6.07, 6.45) is 3.67. The van der Waals surface area contributed by atoms with Gasteiger partial charge in [-0.05, 0) is 23.6 Å². The maximum Gasteiger partial charge on any atom is 0.261 e. The fourth-order valence-corrected chi connectivity index (χ4v) is 3.11. The molecule has 1 aromatic heterocycles. The van der Waals surface area contributed by atoms with Crippen molar-refractivity contribution in [1.29, 1.82) is 0 Å². The van der Waals surface area contributed by atoms with Crippen LogP contribution in [0.2, 0.25) is 0 Å². The largest absolute Gasteiger partial charge is 0.484 e. The molecule has 0 aliphatic carbocycles. The summed E-state index contributed by atoms with van der Waals surface area (Å²) in [5.41, 5.74) is 1.26. The van der Waals surface area contributed by atoms with Crippen LogP contribution in [0.25, 0.3) is 0 Å². The maximum absolute atomic E-state index is 12.7. The Morgan fingerprint density at radius 1 is 1.36 bits per heavy atom. The summed E-state index contributed by atoms with van der Waals surface area (Å²) < 4.78 is 7.67. The predicted octanol–water partition coefficient (Wildman–Crippen LogP) is 2.10. The predicted molar refractivity (Wildman–Crippen MR) is 96.6 cm³/mol. The van der Waals surface area contributed by atoms with Crippen LogP contribution in [0.5, 0.6) is 5.75 Å². The van der Waals surface area contributed by atoms with Crippen LogP contribution in [0, 0.1) is 0 Å². The SMILES string of the molecule is CC(C)c1ccc(OCC(=O)N2CCNCC2c2nccn2C)cc1. The van der Waals surface area contributed by atoms with Gasteiger partial charge in [0.2, 0.25) is 0 Å². The Hall–Kier alpha value is -2.34. The zero-order chi connectivity index (χ0) is 17.8. The molecule has 1 saturated heterocycles. The smallest absolute Gasteiger partial charge is 0.261 e. The number of hydrogen-bond donors (Lipinski definition) is 1. The lowest BCUT2D eigenvalue weighted by molar-refractivity contribution is -0.137. The van der Waals surface area contributed by atoms with Crippen molar-refractivity contribution < 1.29 is 9.53 Å². The molecule has 1 aromatic carbocycles. The lowest BCUT2D eigenvalue weighted by atomic mass is 10.0. The molecule has 0 bridgehead atoms. The molecule has 0 saturated carbocycles. The topological polar surface area (TPSA) is 59.4 Å². The summed E-state index contributed by atoms with van der Waals surface area (Å²) in [4.78, 5) is 19.0. The van der Waals surface area contributed by atoms with Gasteiger partial charge in [-0.25, -0.2) is 4.98 Å². The van der Waals surface area contributed by atoms with Gasteiger partial charge >= 0.3 is 0 Å². The standard InChI is InChI=1S/C19H26N4O2/c1-14(2)15-4-6-16(7-5-15)25-13-18(24)23-11-8-20-12-17(23)19-21-9-10-22(19)3/h4-7,9-10,14,17,20H,8,11-13H2,1-3H3. The molecule has 1 N–H and O–H groups in total. The maximum atomic E-state index is 12.7. The molecule has 1 aliphatic heterocycles. The van der Waals surface area contributed by atoms with E-state index in [9.17, 15) is 4.79 Å².